The molecule has 0 fully saturated rings. The summed E-state index contributed by atoms with van der Waals surface area (Å²) in [5.74, 6) is 6.62. The van der Waals surface area contributed by atoms with Gasteiger partial charge >= 0.3 is 7.60 Å². The predicted molar refractivity (Wildman–Crippen MR) is 122 cm³/mol. The largest absolute Gasteiger partial charge is 0.325 e. The molecular weight excluding hydrogens is 393 g/mol. The molecule has 4 nitrogen and oxygen atoms in total. The molecule has 0 atom stereocenters. The number of rotatable bonds is 9. The molecule has 0 saturated heterocycles. The van der Waals surface area contributed by atoms with E-state index >= 15 is 0 Å². The van der Waals surface area contributed by atoms with Crippen molar-refractivity contribution in [1.82, 2.24) is 4.98 Å². The van der Waals surface area contributed by atoms with Crippen molar-refractivity contribution in [2.75, 3.05) is 6.16 Å². The summed E-state index contributed by atoms with van der Waals surface area (Å²) in [5.41, 5.74) is 4.49. The first kappa shape index (κ1) is 22.2. The van der Waals surface area contributed by atoms with Gasteiger partial charge in [0, 0.05) is 29.7 Å². The number of unbranched alkanes of at least 4 members (excludes halogenated alkanes) is 3. The highest BCUT2D eigenvalue weighted by Crippen LogP contribution is 2.35. The Kier molecular flexibility index (Phi) is 8.22. The molecule has 0 bridgehead atoms. The third-order valence-electron chi connectivity index (χ3n) is 5.08. The molecule has 1 aromatic heterocycles. The van der Waals surface area contributed by atoms with Gasteiger partial charge in [-0.15, -0.1) is 0 Å². The van der Waals surface area contributed by atoms with Crippen molar-refractivity contribution in [3.05, 3.63) is 77.5 Å². The Bertz CT molecular complexity index is 1060. The van der Waals surface area contributed by atoms with Gasteiger partial charge in [-0.1, -0.05) is 60.7 Å². The van der Waals surface area contributed by atoms with Crippen LogP contribution in [0.15, 0.2) is 60.8 Å². The molecule has 156 valence electrons. The monoisotopic (exact) mass is 421 g/mol. The Labute approximate surface area is 178 Å². The number of fused-ring (bicyclic) bond motifs is 1. The summed E-state index contributed by atoms with van der Waals surface area (Å²) in [5, 5.41) is 1.07. The maximum absolute atomic E-state index is 10.9. The highest BCUT2D eigenvalue weighted by Gasteiger charge is 2.11. The van der Waals surface area contributed by atoms with E-state index in [0.717, 1.165) is 60.6 Å². The Morgan fingerprint density at radius 2 is 1.70 bits per heavy atom. The van der Waals surface area contributed by atoms with E-state index in [1.54, 1.807) is 6.20 Å². The molecule has 5 heteroatoms. The molecule has 0 radical (unpaired) electrons. The van der Waals surface area contributed by atoms with Crippen molar-refractivity contribution in [3.63, 3.8) is 0 Å². The molecule has 0 spiro atoms. The number of hydrogen-bond donors (Lipinski definition) is 2. The van der Waals surface area contributed by atoms with Crippen molar-refractivity contribution < 1.29 is 14.4 Å². The van der Waals surface area contributed by atoms with Crippen LogP contribution in [0.4, 0.5) is 0 Å². The van der Waals surface area contributed by atoms with Crippen LogP contribution in [0.1, 0.15) is 48.8 Å². The zero-order valence-electron chi connectivity index (χ0n) is 17.1. The first-order valence-electron chi connectivity index (χ1n) is 10.5. The van der Waals surface area contributed by atoms with E-state index in [-0.39, 0.29) is 6.16 Å². The van der Waals surface area contributed by atoms with Gasteiger partial charge in [-0.05, 0) is 55.4 Å². The minimum Gasteiger partial charge on any atom is -0.324 e. The second-order valence-corrected chi connectivity index (χ2v) is 9.29. The van der Waals surface area contributed by atoms with Crippen LogP contribution in [-0.4, -0.2) is 20.9 Å². The van der Waals surface area contributed by atoms with Gasteiger partial charge in [-0.25, -0.2) is 0 Å². The number of aryl methyl sites for hydroxylation is 2. The van der Waals surface area contributed by atoms with Gasteiger partial charge in [0.2, 0.25) is 0 Å². The van der Waals surface area contributed by atoms with Crippen LogP contribution < -0.4 is 0 Å². The van der Waals surface area contributed by atoms with E-state index in [0.29, 0.717) is 6.42 Å². The fraction of sp³-hybridized carbons (Fsp3) is 0.320. The van der Waals surface area contributed by atoms with Crippen LogP contribution in [0.25, 0.3) is 10.9 Å². The summed E-state index contributed by atoms with van der Waals surface area (Å²) in [6.45, 7) is 0. The van der Waals surface area contributed by atoms with Gasteiger partial charge in [-0.3, -0.25) is 9.55 Å². The molecule has 30 heavy (non-hydrogen) atoms. The zero-order valence-corrected chi connectivity index (χ0v) is 18.0. The van der Waals surface area contributed by atoms with Crippen LogP contribution in [-0.2, 0) is 17.4 Å². The number of pyridine rings is 1. The molecule has 2 aromatic carbocycles. The number of nitrogens with zero attached hydrogens (tertiary/aromatic N) is 1. The van der Waals surface area contributed by atoms with E-state index < -0.39 is 7.60 Å². The summed E-state index contributed by atoms with van der Waals surface area (Å²) in [6, 6.07) is 18.6. The smallest absolute Gasteiger partial charge is 0.324 e. The molecule has 0 aliphatic rings. The van der Waals surface area contributed by atoms with Crippen molar-refractivity contribution in [3.8, 4) is 11.8 Å². The molecule has 0 aliphatic heterocycles. The van der Waals surface area contributed by atoms with Gasteiger partial charge in [0.15, 0.2) is 0 Å². The van der Waals surface area contributed by atoms with Crippen LogP contribution in [0.5, 0.6) is 0 Å². The van der Waals surface area contributed by atoms with E-state index in [1.165, 1.54) is 5.56 Å². The lowest BCUT2D eigenvalue weighted by Gasteiger charge is -2.08. The van der Waals surface area contributed by atoms with Gasteiger partial charge in [0.25, 0.3) is 0 Å². The van der Waals surface area contributed by atoms with Crippen LogP contribution in [0.3, 0.4) is 0 Å². The Morgan fingerprint density at radius 3 is 2.50 bits per heavy atom. The topological polar surface area (TPSA) is 70.4 Å². The fourth-order valence-electron chi connectivity index (χ4n) is 3.54. The first-order valence-corrected chi connectivity index (χ1v) is 12.3. The highest BCUT2D eigenvalue weighted by atomic mass is 31.2. The predicted octanol–water partition coefficient (Wildman–Crippen LogP) is 5.50. The maximum Gasteiger partial charge on any atom is 0.325 e. The Morgan fingerprint density at radius 1 is 0.867 bits per heavy atom. The summed E-state index contributed by atoms with van der Waals surface area (Å²) in [4.78, 5) is 22.5. The molecule has 0 amide bonds. The quantitative estimate of drug-likeness (QED) is 0.272. The van der Waals surface area contributed by atoms with Gasteiger partial charge in [0.05, 0.1) is 5.52 Å². The summed E-state index contributed by atoms with van der Waals surface area (Å²) in [6.07, 6.45) is 7.78. The number of benzene rings is 2. The van der Waals surface area contributed by atoms with E-state index in [9.17, 15) is 4.57 Å². The summed E-state index contributed by atoms with van der Waals surface area (Å²) < 4.78 is 10.9. The molecular formula is C25H28NO3P. The molecule has 2 N–H and O–H groups in total. The minimum absolute atomic E-state index is 0.0369. The lowest BCUT2D eigenvalue weighted by molar-refractivity contribution is 0.371. The molecule has 0 unspecified atom stereocenters. The maximum atomic E-state index is 10.9. The Balaban J connectivity index is 1.59. The van der Waals surface area contributed by atoms with Crippen molar-refractivity contribution in [2.24, 2.45) is 0 Å². The molecule has 0 saturated carbocycles. The average Bonchev–Trinajstić information content (AvgIpc) is 2.74. The van der Waals surface area contributed by atoms with Crippen LogP contribution >= 0.6 is 7.60 Å². The molecule has 3 rings (SSSR count). The number of aromatic nitrogens is 1. The number of hydrogen-bond acceptors (Lipinski definition) is 2. The normalized spacial score (nSPS) is 11.3. The van der Waals surface area contributed by atoms with Crippen molar-refractivity contribution in [1.29, 1.82) is 0 Å². The van der Waals surface area contributed by atoms with E-state index in [4.69, 9.17) is 9.79 Å². The standard InChI is InChI=1S/C25H28NO3P/c27-30(28,29)20-9-3-8-15-23-18-17-22(24-16-10-19-26-25(23)24)14-7-2-6-13-21-11-4-1-5-12-21/h1,4-5,10-12,16-19H,2-3,6,8-9,13,15,20H2,(H2,27,28,29). The van der Waals surface area contributed by atoms with Crippen LogP contribution in [0.2, 0.25) is 0 Å². The third-order valence-corrected chi connectivity index (χ3v) is 5.98. The van der Waals surface area contributed by atoms with Crippen molar-refractivity contribution >= 4 is 18.5 Å². The lowest BCUT2D eigenvalue weighted by Crippen LogP contribution is -1.94. The first-order chi connectivity index (χ1) is 14.5. The molecule has 3 aromatic rings. The lowest BCUT2D eigenvalue weighted by atomic mass is 10.00. The molecule has 0 aliphatic carbocycles. The fourth-order valence-corrected chi connectivity index (χ4v) is 4.17. The zero-order chi connectivity index (χ0) is 21.2. The minimum atomic E-state index is -3.88. The summed E-state index contributed by atoms with van der Waals surface area (Å²) in [7, 11) is -3.88. The second-order valence-electron chi connectivity index (χ2n) is 7.51. The second kappa shape index (κ2) is 11.1. The third kappa shape index (κ3) is 7.11. The average molecular weight is 421 g/mol. The summed E-state index contributed by atoms with van der Waals surface area (Å²) >= 11 is 0. The van der Waals surface area contributed by atoms with Crippen molar-refractivity contribution in [2.45, 2.75) is 44.9 Å². The van der Waals surface area contributed by atoms with Gasteiger partial charge < -0.3 is 9.79 Å². The van der Waals surface area contributed by atoms with E-state index in [2.05, 4.69) is 59.3 Å². The SMILES string of the molecule is O=P(O)(O)CCCCCc1ccc(C#CCCCc2ccccc2)c2cccnc12. The van der Waals surface area contributed by atoms with Gasteiger partial charge in [0.1, 0.15) is 0 Å². The molecule has 1 heterocycles. The Hall–Kier alpha value is -2.44. The van der Waals surface area contributed by atoms with Gasteiger partial charge in [-0.2, -0.15) is 0 Å². The van der Waals surface area contributed by atoms with E-state index in [1.807, 2.05) is 12.1 Å². The highest BCUT2D eigenvalue weighted by molar-refractivity contribution is 7.51. The van der Waals surface area contributed by atoms with Crippen LogP contribution in [0, 0.1) is 11.8 Å².